The Bertz CT molecular complexity index is 1200. The number of nitrogens with zero attached hydrogens (tertiary/aromatic N) is 1. The smallest absolute Gasteiger partial charge is 0.407 e. The molecule has 1 unspecified atom stereocenters. The van der Waals surface area contributed by atoms with Crippen molar-refractivity contribution in [3.63, 3.8) is 0 Å². The van der Waals surface area contributed by atoms with Crippen molar-refractivity contribution < 1.29 is 19.1 Å². The lowest BCUT2D eigenvalue weighted by atomic mass is 10.0. The summed E-state index contributed by atoms with van der Waals surface area (Å²) in [4.78, 5) is 39.1. The fourth-order valence-corrected chi connectivity index (χ4v) is 3.53. The lowest BCUT2D eigenvalue weighted by molar-refractivity contribution is 0.0523. The number of hydrogen-bond acceptors (Lipinski definition) is 4. The maximum Gasteiger partial charge on any atom is 0.407 e. The molecule has 36 heavy (non-hydrogen) atoms. The van der Waals surface area contributed by atoms with E-state index >= 15 is 0 Å². The van der Waals surface area contributed by atoms with Gasteiger partial charge in [-0.05, 0) is 75.2 Å². The third-order valence-electron chi connectivity index (χ3n) is 5.60. The van der Waals surface area contributed by atoms with Crippen LogP contribution in [0.1, 0.15) is 65.6 Å². The van der Waals surface area contributed by atoms with Crippen molar-refractivity contribution in [3.8, 4) is 0 Å². The maximum atomic E-state index is 13.1. The van der Waals surface area contributed by atoms with Gasteiger partial charge in [0.1, 0.15) is 5.60 Å². The van der Waals surface area contributed by atoms with E-state index in [1.54, 1.807) is 36.2 Å². The van der Waals surface area contributed by atoms with Crippen LogP contribution in [0.15, 0.2) is 78.9 Å². The second kappa shape index (κ2) is 11.5. The van der Waals surface area contributed by atoms with E-state index in [9.17, 15) is 14.4 Å². The molecule has 3 rings (SSSR count). The summed E-state index contributed by atoms with van der Waals surface area (Å²) in [6.07, 6.45) is -0.488. The lowest BCUT2D eigenvalue weighted by Crippen LogP contribution is -2.32. The van der Waals surface area contributed by atoms with E-state index in [4.69, 9.17) is 4.74 Å². The molecule has 0 saturated carbocycles. The van der Waals surface area contributed by atoms with Gasteiger partial charge in [0.05, 0.1) is 6.04 Å². The third-order valence-corrected chi connectivity index (χ3v) is 5.60. The molecule has 0 heterocycles. The topological polar surface area (TPSA) is 87.7 Å². The molecule has 3 aromatic carbocycles. The van der Waals surface area contributed by atoms with E-state index in [-0.39, 0.29) is 17.9 Å². The number of anilines is 1. The highest BCUT2D eigenvalue weighted by molar-refractivity contribution is 6.04. The van der Waals surface area contributed by atoms with Crippen molar-refractivity contribution in [2.24, 2.45) is 0 Å². The van der Waals surface area contributed by atoms with Crippen molar-refractivity contribution in [2.45, 2.75) is 45.9 Å². The Balaban J connectivity index is 1.61. The van der Waals surface area contributed by atoms with Crippen LogP contribution in [0.25, 0.3) is 0 Å². The first kappa shape index (κ1) is 26.5. The summed E-state index contributed by atoms with van der Waals surface area (Å²) in [6, 6.07) is 23.4. The predicted molar refractivity (Wildman–Crippen MR) is 141 cm³/mol. The van der Waals surface area contributed by atoms with Gasteiger partial charge >= 0.3 is 6.09 Å². The largest absolute Gasteiger partial charge is 0.444 e. The van der Waals surface area contributed by atoms with Gasteiger partial charge in [-0.15, -0.1) is 0 Å². The lowest BCUT2D eigenvalue weighted by Gasteiger charge is -2.26. The van der Waals surface area contributed by atoms with E-state index in [1.165, 1.54) is 0 Å². The molecule has 7 heteroatoms. The van der Waals surface area contributed by atoms with E-state index in [0.29, 0.717) is 23.4 Å². The molecule has 7 nitrogen and oxygen atoms in total. The van der Waals surface area contributed by atoms with Crippen molar-refractivity contribution >= 4 is 23.6 Å². The fourth-order valence-electron chi connectivity index (χ4n) is 3.53. The Morgan fingerprint density at radius 3 is 2.19 bits per heavy atom. The van der Waals surface area contributed by atoms with E-state index < -0.39 is 11.7 Å². The molecule has 0 spiro atoms. The van der Waals surface area contributed by atoms with Gasteiger partial charge in [-0.3, -0.25) is 9.59 Å². The number of benzene rings is 3. The van der Waals surface area contributed by atoms with Crippen LogP contribution >= 0.6 is 0 Å². The zero-order valence-electron chi connectivity index (χ0n) is 21.4. The normalized spacial score (nSPS) is 11.8. The number of carbonyl (C=O) groups is 3. The number of amides is 3. The van der Waals surface area contributed by atoms with Crippen LogP contribution in [0.5, 0.6) is 0 Å². The molecule has 0 saturated heterocycles. The molecule has 0 aromatic heterocycles. The van der Waals surface area contributed by atoms with Crippen LogP contribution in [0.2, 0.25) is 0 Å². The minimum Gasteiger partial charge on any atom is -0.444 e. The Kier molecular flexibility index (Phi) is 8.48. The van der Waals surface area contributed by atoms with Gasteiger partial charge in [-0.1, -0.05) is 42.5 Å². The Morgan fingerprint density at radius 2 is 1.56 bits per heavy atom. The average Bonchev–Trinajstić information content (AvgIpc) is 2.86. The van der Waals surface area contributed by atoms with Crippen LogP contribution in [-0.4, -0.2) is 35.5 Å². The fraction of sp³-hybridized carbons (Fsp3) is 0.276. The molecule has 2 N–H and O–H groups in total. The highest BCUT2D eigenvalue weighted by atomic mass is 16.6. The van der Waals surface area contributed by atoms with Crippen LogP contribution in [-0.2, 0) is 11.3 Å². The Hall–Kier alpha value is -4.13. The standard InChI is InChI=1S/C29H33N3O4/c1-20(24-12-9-13-25(18-24)31-26(33)22-10-7-6-8-11-22)32(5)27(34)23-16-14-21(15-17-23)19-30-28(35)36-29(2,3)4/h6-18,20H,19H2,1-5H3,(H,30,35)(H,31,33). The highest BCUT2D eigenvalue weighted by Gasteiger charge is 2.20. The molecule has 0 fully saturated rings. The molecule has 1 atom stereocenters. The van der Waals surface area contributed by atoms with Crippen LogP contribution in [0.4, 0.5) is 10.5 Å². The highest BCUT2D eigenvalue weighted by Crippen LogP contribution is 2.24. The summed E-state index contributed by atoms with van der Waals surface area (Å²) >= 11 is 0. The zero-order chi connectivity index (χ0) is 26.3. The number of alkyl carbamates (subject to hydrolysis) is 1. The minimum atomic E-state index is -0.561. The van der Waals surface area contributed by atoms with E-state index in [0.717, 1.165) is 11.1 Å². The van der Waals surface area contributed by atoms with Crippen LogP contribution in [0, 0.1) is 0 Å². The van der Waals surface area contributed by atoms with Crippen molar-refractivity contribution in [1.29, 1.82) is 0 Å². The van der Waals surface area contributed by atoms with E-state index in [1.807, 2.05) is 82.3 Å². The number of nitrogens with one attached hydrogen (secondary N) is 2. The van der Waals surface area contributed by atoms with Gasteiger partial charge in [-0.25, -0.2) is 4.79 Å². The van der Waals surface area contributed by atoms with Crippen molar-refractivity contribution in [1.82, 2.24) is 10.2 Å². The molecule has 0 aliphatic carbocycles. The van der Waals surface area contributed by atoms with E-state index in [2.05, 4.69) is 10.6 Å². The summed E-state index contributed by atoms with van der Waals surface area (Å²) in [6.45, 7) is 7.66. The summed E-state index contributed by atoms with van der Waals surface area (Å²) in [5, 5.41) is 5.62. The first-order chi connectivity index (χ1) is 17.0. The SMILES string of the molecule is CC(c1cccc(NC(=O)c2ccccc2)c1)N(C)C(=O)c1ccc(CNC(=O)OC(C)(C)C)cc1. The molecular formula is C29H33N3O4. The van der Waals surface area contributed by atoms with Crippen molar-refractivity contribution in [3.05, 3.63) is 101 Å². The number of carbonyl (C=O) groups excluding carboxylic acids is 3. The maximum absolute atomic E-state index is 13.1. The van der Waals surface area contributed by atoms with Gasteiger partial charge in [0, 0.05) is 30.4 Å². The second-order valence-corrected chi connectivity index (χ2v) is 9.59. The number of ether oxygens (including phenoxy) is 1. The first-order valence-electron chi connectivity index (χ1n) is 11.8. The van der Waals surface area contributed by atoms with Gasteiger partial charge in [0.25, 0.3) is 11.8 Å². The summed E-state index contributed by atoms with van der Waals surface area (Å²) in [5.74, 6) is -0.320. The Morgan fingerprint density at radius 1 is 0.889 bits per heavy atom. The molecular weight excluding hydrogens is 454 g/mol. The molecule has 0 radical (unpaired) electrons. The second-order valence-electron chi connectivity index (χ2n) is 9.59. The summed E-state index contributed by atoms with van der Waals surface area (Å²) < 4.78 is 5.24. The molecule has 188 valence electrons. The Labute approximate surface area is 212 Å². The number of rotatable bonds is 7. The summed E-state index contributed by atoms with van der Waals surface area (Å²) in [5.41, 5.74) is 2.97. The van der Waals surface area contributed by atoms with Crippen LogP contribution in [0.3, 0.4) is 0 Å². The summed E-state index contributed by atoms with van der Waals surface area (Å²) in [7, 11) is 1.75. The zero-order valence-corrected chi connectivity index (χ0v) is 21.4. The van der Waals surface area contributed by atoms with Gasteiger partial charge in [-0.2, -0.15) is 0 Å². The van der Waals surface area contributed by atoms with Gasteiger partial charge < -0.3 is 20.3 Å². The van der Waals surface area contributed by atoms with Gasteiger partial charge in [0.15, 0.2) is 0 Å². The minimum absolute atomic E-state index is 0.132. The first-order valence-corrected chi connectivity index (χ1v) is 11.8. The van der Waals surface area contributed by atoms with Crippen molar-refractivity contribution in [2.75, 3.05) is 12.4 Å². The predicted octanol–water partition coefficient (Wildman–Crippen LogP) is 5.80. The molecule has 3 amide bonds. The molecule has 3 aromatic rings. The quantitative estimate of drug-likeness (QED) is 0.441. The number of hydrogen-bond donors (Lipinski definition) is 2. The molecule has 0 aliphatic rings. The van der Waals surface area contributed by atoms with Crippen LogP contribution < -0.4 is 10.6 Å². The molecule has 0 bridgehead atoms. The monoisotopic (exact) mass is 487 g/mol. The third kappa shape index (κ3) is 7.43. The molecule has 0 aliphatic heterocycles. The average molecular weight is 488 g/mol. The van der Waals surface area contributed by atoms with Gasteiger partial charge in [0.2, 0.25) is 0 Å².